The van der Waals surface area contributed by atoms with E-state index in [1.165, 1.54) is 0 Å². The summed E-state index contributed by atoms with van der Waals surface area (Å²) in [5.41, 5.74) is 0. The summed E-state index contributed by atoms with van der Waals surface area (Å²) in [5, 5.41) is 12.5. The highest BCUT2D eigenvalue weighted by Crippen LogP contribution is 2.09. The average molecular weight is 248 g/mol. The summed E-state index contributed by atoms with van der Waals surface area (Å²) >= 11 is 0. The maximum absolute atomic E-state index is 8.69. The van der Waals surface area contributed by atoms with Crippen LogP contribution in [0.2, 0.25) is 0 Å². The summed E-state index contributed by atoms with van der Waals surface area (Å²) in [4.78, 5) is 4.21. The van der Waals surface area contributed by atoms with E-state index in [9.17, 15) is 0 Å². The number of benzene rings is 1. The molecule has 0 unspecified atom stereocenters. The zero-order valence-corrected chi connectivity index (χ0v) is 10.1. The molecule has 0 saturated carbocycles. The minimum Gasteiger partial charge on any atom is -0.493 e. The first kappa shape index (κ1) is 12.6. The Kier molecular flexibility index (Phi) is 4.72. The number of aryl methyl sites for hydroxylation is 1. The van der Waals surface area contributed by atoms with Gasteiger partial charge in [0.2, 0.25) is 5.89 Å². The third-order valence-corrected chi connectivity index (χ3v) is 2.40. The van der Waals surface area contributed by atoms with Gasteiger partial charge in [0.25, 0.3) is 0 Å². The highest BCUT2D eigenvalue weighted by atomic mass is 16.5. The van der Waals surface area contributed by atoms with Crippen molar-refractivity contribution in [2.45, 2.75) is 19.3 Å². The van der Waals surface area contributed by atoms with Gasteiger partial charge in [-0.15, -0.1) is 0 Å². The molecule has 0 aliphatic rings. The van der Waals surface area contributed by atoms with Crippen LogP contribution in [0, 0.1) is 0 Å². The molecule has 0 fully saturated rings. The molecule has 0 aliphatic heterocycles. The smallest absolute Gasteiger partial charge is 0.226 e. The average Bonchev–Trinajstić information content (AvgIpc) is 2.85. The molecule has 18 heavy (non-hydrogen) atoms. The predicted molar refractivity (Wildman–Crippen MR) is 65.3 cm³/mol. The Morgan fingerprint density at radius 1 is 1.17 bits per heavy atom. The molecular weight excluding hydrogens is 232 g/mol. The third kappa shape index (κ3) is 3.85. The van der Waals surface area contributed by atoms with E-state index in [0.29, 0.717) is 37.6 Å². The minimum atomic E-state index is 0.134. The standard InChI is InChI=1S/C13H16N2O3/c16-9-4-7-13-14-12(15-18-13)8-10-17-11-5-2-1-3-6-11/h1-3,5-6,16H,4,7-10H2. The van der Waals surface area contributed by atoms with Gasteiger partial charge in [0, 0.05) is 19.4 Å². The van der Waals surface area contributed by atoms with Crippen LogP contribution < -0.4 is 4.74 Å². The fourth-order valence-corrected chi connectivity index (χ4v) is 1.50. The van der Waals surface area contributed by atoms with Gasteiger partial charge in [-0.3, -0.25) is 0 Å². The highest BCUT2D eigenvalue weighted by molar-refractivity contribution is 5.20. The largest absolute Gasteiger partial charge is 0.493 e. The van der Waals surface area contributed by atoms with Crippen molar-refractivity contribution >= 4 is 0 Å². The topological polar surface area (TPSA) is 68.4 Å². The molecular formula is C13H16N2O3. The zero-order chi connectivity index (χ0) is 12.6. The summed E-state index contributed by atoms with van der Waals surface area (Å²) in [6.45, 7) is 0.651. The van der Waals surface area contributed by atoms with Crippen molar-refractivity contribution in [3.8, 4) is 5.75 Å². The lowest BCUT2D eigenvalue weighted by atomic mass is 10.3. The zero-order valence-electron chi connectivity index (χ0n) is 10.1. The lowest BCUT2D eigenvalue weighted by Gasteiger charge is -2.02. The molecule has 2 rings (SSSR count). The van der Waals surface area contributed by atoms with Gasteiger partial charge in [0.1, 0.15) is 5.75 Å². The minimum absolute atomic E-state index is 0.134. The quantitative estimate of drug-likeness (QED) is 0.806. The summed E-state index contributed by atoms with van der Waals surface area (Å²) in [7, 11) is 0. The van der Waals surface area contributed by atoms with E-state index >= 15 is 0 Å². The van der Waals surface area contributed by atoms with Crippen LogP contribution in [-0.4, -0.2) is 28.5 Å². The number of rotatable bonds is 7. The second-order valence-electron chi connectivity index (χ2n) is 3.84. The summed E-state index contributed by atoms with van der Waals surface area (Å²) in [5.74, 6) is 2.04. The molecule has 96 valence electrons. The van der Waals surface area contributed by atoms with E-state index in [1.54, 1.807) is 0 Å². The van der Waals surface area contributed by atoms with Gasteiger partial charge in [-0.25, -0.2) is 0 Å². The molecule has 0 amide bonds. The molecule has 0 spiro atoms. The molecule has 0 radical (unpaired) electrons. The normalized spacial score (nSPS) is 10.5. The van der Waals surface area contributed by atoms with Crippen LogP contribution in [0.3, 0.4) is 0 Å². The number of hydrogen-bond acceptors (Lipinski definition) is 5. The molecule has 0 atom stereocenters. The van der Waals surface area contributed by atoms with Crippen LogP contribution >= 0.6 is 0 Å². The molecule has 0 aliphatic carbocycles. The molecule has 0 bridgehead atoms. The van der Waals surface area contributed by atoms with Gasteiger partial charge in [-0.2, -0.15) is 4.98 Å². The fraction of sp³-hybridized carbons (Fsp3) is 0.385. The Labute approximate surface area is 105 Å². The second kappa shape index (κ2) is 6.76. The Hall–Kier alpha value is -1.88. The fourth-order valence-electron chi connectivity index (χ4n) is 1.50. The lowest BCUT2D eigenvalue weighted by molar-refractivity contribution is 0.278. The van der Waals surface area contributed by atoms with Gasteiger partial charge in [0.15, 0.2) is 5.82 Å². The van der Waals surface area contributed by atoms with Crippen molar-refractivity contribution in [3.05, 3.63) is 42.0 Å². The van der Waals surface area contributed by atoms with Gasteiger partial charge in [-0.1, -0.05) is 23.4 Å². The van der Waals surface area contributed by atoms with E-state index in [2.05, 4.69) is 10.1 Å². The maximum atomic E-state index is 8.69. The first-order chi connectivity index (χ1) is 8.88. The summed E-state index contributed by atoms with van der Waals surface area (Å²) in [6, 6.07) is 9.61. The van der Waals surface area contributed by atoms with E-state index in [4.69, 9.17) is 14.4 Å². The van der Waals surface area contributed by atoms with Crippen molar-refractivity contribution in [3.63, 3.8) is 0 Å². The van der Waals surface area contributed by atoms with E-state index in [-0.39, 0.29) is 6.61 Å². The number of hydrogen-bond donors (Lipinski definition) is 1. The number of ether oxygens (including phenoxy) is 1. The van der Waals surface area contributed by atoms with Crippen LogP contribution in [0.15, 0.2) is 34.9 Å². The molecule has 5 heteroatoms. The van der Waals surface area contributed by atoms with Crippen LogP contribution in [-0.2, 0) is 12.8 Å². The lowest BCUT2D eigenvalue weighted by Crippen LogP contribution is -2.02. The number of para-hydroxylation sites is 1. The van der Waals surface area contributed by atoms with Crippen molar-refractivity contribution in [1.82, 2.24) is 10.1 Å². The molecule has 2 aromatic rings. The van der Waals surface area contributed by atoms with E-state index in [0.717, 1.165) is 5.75 Å². The van der Waals surface area contributed by atoms with Crippen LogP contribution in [0.25, 0.3) is 0 Å². The van der Waals surface area contributed by atoms with Gasteiger partial charge < -0.3 is 14.4 Å². The Balaban J connectivity index is 1.75. The van der Waals surface area contributed by atoms with Crippen molar-refractivity contribution in [2.75, 3.05) is 13.2 Å². The molecule has 5 nitrogen and oxygen atoms in total. The first-order valence-corrected chi connectivity index (χ1v) is 5.98. The second-order valence-corrected chi connectivity index (χ2v) is 3.84. The highest BCUT2D eigenvalue weighted by Gasteiger charge is 2.05. The molecule has 1 N–H and O–H groups in total. The third-order valence-electron chi connectivity index (χ3n) is 2.40. The SMILES string of the molecule is OCCCc1nc(CCOc2ccccc2)no1. The predicted octanol–water partition coefficient (Wildman–Crippen LogP) is 1.62. The molecule has 0 saturated heterocycles. The Bertz CT molecular complexity index is 456. The number of nitrogens with zero attached hydrogens (tertiary/aromatic N) is 2. The first-order valence-electron chi connectivity index (χ1n) is 5.98. The molecule has 1 aromatic carbocycles. The molecule has 1 heterocycles. The van der Waals surface area contributed by atoms with Crippen LogP contribution in [0.1, 0.15) is 18.1 Å². The van der Waals surface area contributed by atoms with E-state index < -0.39 is 0 Å². The summed E-state index contributed by atoms with van der Waals surface area (Å²) < 4.78 is 10.6. The molecule has 1 aromatic heterocycles. The Morgan fingerprint density at radius 2 is 2.00 bits per heavy atom. The van der Waals surface area contributed by atoms with Gasteiger partial charge in [-0.05, 0) is 18.6 Å². The number of aliphatic hydroxyl groups excluding tert-OH is 1. The van der Waals surface area contributed by atoms with Crippen LogP contribution in [0.4, 0.5) is 0 Å². The van der Waals surface area contributed by atoms with Gasteiger partial charge in [0.05, 0.1) is 6.61 Å². The van der Waals surface area contributed by atoms with Crippen molar-refractivity contribution in [2.24, 2.45) is 0 Å². The van der Waals surface area contributed by atoms with E-state index in [1.807, 2.05) is 30.3 Å². The van der Waals surface area contributed by atoms with Crippen molar-refractivity contribution in [1.29, 1.82) is 0 Å². The number of aliphatic hydroxyl groups is 1. The van der Waals surface area contributed by atoms with Crippen LogP contribution in [0.5, 0.6) is 5.75 Å². The summed E-state index contributed by atoms with van der Waals surface area (Å²) in [6.07, 6.45) is 1.86. The number of aromatic nitrogens is 2. The van der Waals surface area contributed by atoms with Crippen molar-refractivity contribution < 1.29 is 14.4 Å². The van der Waals surface area contributed by atoms with Gasteiger partial charge >= 0.3 is 0 Å². The Morgan fingerprint density at radius 3 is 2.78 bits per heavy atom. The monoisotopic (exact) mass is 248 g/mol. The maximum Gasteiger partial charge on any atom is 0.226 e.